The van der Waals surface area contributed by atoms with E-state index in [1.165, 1.54) is 0 Å². The van der Waals surface area contributed by atoms with Gasteiger partial charge in [-0.05, 0) is 20.9 Å². The Labute approximate surface area is 88.6 Å². The molecule has 2 N–H and O–H groups in total. The first kappa shape index (κ1) is 13.9. The van der Waals surface area contributed by atoms with Crippen molar-refractivity contribution < 1.29 is 4.74 Å². The second kappa shape index (κ2) is 8.21. The highest BCUT2D eigenvalue weighted by Crippen LogP contribution is 1.98. The van der Waals surface area contributed by atoms with Crippen molar-refractivity contribution in [3.63, 3.8) is 0 Å². The molecule has 1 atom stereocenters. The predicted octanol–water partition coefficient (Wildman–Crippen LogP) is 1.24. The molecule has 0 aliphatic heterocycles. The van der Waals surface area contributed by atoms with Crippen LogP contribution in [0.15, 0.2) is 0 Å². The molecule has 3 heteroatoms. The lowest BCUT2D eigenvalue weighted by Crippen LogP contribution is -2.36. The second-order valence-electron chi connectivity index (χ2n) is 4.37. The van der Waals surface area contributed by atoms with Gasteiger partial charge in [-0.2, -0.15) is 0 Å². The summed E-state index contributed by atoms with van der Waals surface area (Å²) in [7, 11) is 1.98. The Morgan fingerprint density at radius 1 is 1.07 bits per heavy atom. The van der Waals surface area contributed by atoms with Gasteiger partial charge in [0.15, 0.2) is 0 Å². The van der Waals surface area contributed by atoms with Crippen LogP contribution in [0.3, 0.4) is 0 Å². The Balaban J connectivity index is 3.65. The predicted molar refractivity (Wildman–Crippen MR) is 61.6 cm³/mol. The van der Waals surface area contributed by atoms with E-state index in [1.807, 2.05) is 7.05 Å². The maximum Gasteiger partial charge on any atom is 0.0522 e. The van der Waals surface area contributed by atoms with E-state index in [-0.39, 0.29) is 0 Å². The fourth-order valence-electron chi connectivity index (χ4n) is 1.21. The normalized spacial score (nSPS) is 13.9. The molecule has 0 amide bonds. The van der Waals surface area contributed by atoms with Crippen LogP contribution in [0.25, 0.3) is 0 Å². The van der Waals surface area contributed by atoms with Gasteiger partial charge in [0.1, 0.15) is 0 Å². The molecule has 1 unspecified atom stereocenters. The largest absolute Gasteiger partial charge is 0.378 e. The zero-order valence-electron chi connectivity index (χ0n) is 10.3. The first-order chi connectivity index (χ1) is 6.56. The van der Waals surface area contributed by atoms with Crippen molar-refractivity contribution in [2.24, 2.45) is 5.92 Å². The minimum Gasteiger partial charge on any atom is -0.378 e. The molecule has 0 heterocycles. The minimum atomic E-state index is 0.327. The third-order valence-corrected chi connectivity index (χ3v) is 1.97. The van der Waals surface area contributed by atoms with E-state index in [1.54, 1.807) is 0 Å². The number of rotatable bonds is 8. The molecule has 14 heavy (non-hydrogen) atoms. The third-order valence-electron chi connectivity index (χ3n) is 1.97. The van der Waals surface area contributed by atoms with Crippen molar-refractivity contribution in [3.8, 4) is 0 Å². The SMILES string of the molecule is CNCC(CNC(C)C)COC(C)C. The van der Waals surface area contributed by atoms with Gasteiger partial charge in [-0.1, -0.05) is 13.8 Å². The number of ether oxygens (including phenoxy) is 1. The van der Waals surface area contributed by atoms with Gasteiger partial charge in [-0.3, -0.25) is 0 Å². The highest BCUT2D eigenvalue weighted by atomic mass is 16.5. The van der Waals surface area contributed by atoms with Crippen LogP contribution in [0.2, 0.25) is 0 Å². The van der Waals surface area contributed by atoms with Crippen LogP contribution in [0.4, 0.5) is 0 Å². The van der Waals surface area contributed by atoms with Crippen LogP contribution < -0.4 is 10.6 Å². The fourth-order valence-corrected chi connectivity index (χ4v) is 1.21. The summed E-state index contributed by atoms with van der Waals surface area (Å²) in [5, 5.41) is 6.63. The van der Waals surface area contributed by atoms with Crippen LogP contribution in [0.5, 0.6) is 0 Å². The van der Waals surface area contributed by atoms with E-state index < -0.39 is 0 Å². The molecular weight excluding hydrogens is 176 g/mol. The Bertz CT molecular complexity index is 114. The summed E-state index contributed by atoms with van der Waals surface area (Å²) < 4.78 is 5.61. The Morgan fingerprint density at radius 2 is 1.71 bits per heavy atom. The van der Waals surface area contributed by atoms with Crippen LogP contribution >= 0.6 is 0 Å². The van der Waals surface area contributed by atoms with Crippen LogP contribution in [0.1, 0.15) is 27.7 Å². The van der Waals surface area contributed by atoms with Crippen LogP contribution in [-0.4, -0.2) is 38.9 Å². The summed E-state index contributed by atoms with van der Waals surface area (Å²) in [6, 6.07) is 0.549. The average Bonchev–Trinajstić information content (AvgIpc) is 2.09. The molecule has 0 fully saturated rings. The van der Waals surface area contributed by atoms with Gasteiger partial charge in [0, 0.05) is 25.0 Å². The molecule has 3 nitrogen and oxygen atoms in total. The zero-order chi connectivity index (χ0) is 11.0. The van der Waals surface area contributed by atoms with Gasteiger partial charge in [0.2, 0.25) is 0 Å². The van der Waals surface area contributed by atoms with Gasteiger partial charge >= 0.3 is 0 Å². The number of hydrogen-bond acceptors (Lipinski definition) is 3. The van der Waals surface area contributed by atoms with Crippen molar-refractivity contribution in [1.82, 2.24) is 10.6 Å². The van der Waals surface area contributed by atoms with Crippen molar-refractivity contribution in [2.75, 3.05) is 26.7 Å². The molecule has 0 aromatic carbocycles. The number of hydrogen-bond donors (Lipinski definition) is 2. The molecule has 0 saturated heterocycles. The van der Waals surface area contributed by atoms with Gasteiger partial charge in [0.05, 0.1) is 12.7 Å². The smallest absolute Gasteiger partial charge is 0.0522 e. The van der Waals surface area contributed by atoms with Crippen LogP contribution in [-0.2, 0) is 4.74 Å². The molecule has 0 saturated carbocycles. The molecule has 0 aliphatic rings. The summed E-state index contributed by atoms with van der Waals surface area (Å²) in [6.45, 7) is 11.3. The Morgan fingerprint density at radius 3 is 2.14 bits per heavy atom. The van der Waals surface area contributed by atoms with Crippen molar-refractivity contribution in [1.29, 1.82) is 0 Å². The molecule has 86 valence electrons. The van der Waals surface area contributed by atoms with E-state index in [0.29, 0.717) is 18.1 Å². The van der Waals surface area contributed by atoms with Crippen LogP contribution in [0, 0.1) is 5.92 Å². The van der Waals surface area contributed by atoms with E-state index in [0.717, 1.165) is 19.7 Å². The van der Waals surface area contributed by atoms with E-state index >= 15 is 0 Å². The summed E-state index contributed by atoms with van der Waals surface area (Å²) in [5.74, 6) is 0.560. The summed E-state index contributed by atoms with van der Waals surface area (Å²) in [5.41, 5.74) is 0. The zero-order valence-corrected chi connectivity index (χ0v) is 10.3. The lowest BCUT2D eigenvalue weighted by Gasteiger charge is -2.20. The number of nitrogens with one attached hydrogen (secondary N) is 2. The molecule has 0 aromatic heterocycles. The summed E-state index contributed by atoms with van der Waals surface area (Å²) in [6.07, 6.45) is 0.327. The van der Waals surface area contributed by atoms with Crippen molar-refractivity contribution >= 4 is 0 Å². The van der Waals surface area contributed by atoms with Gasteiger partial charge in [0.25, 0.3) is 0 Å². The first-order valence-electron chi connectivity index (χ1n) is 5.55. The quantitative estimate of drug-likeness (QED) is 0.621. The Hall–Kier alpha value is -0.120. The molecular formula is C11H26N2O. The second-order valence-corrected chi connectivity index (χ2v) is 4.37. The summed E-state index contributed by atoms with van der Waals surface area (Å²) >= 11 is 0. The van der Waals surface area contributed by atoms with E-state index in [4.69, 9.17) is 4.74 Å². The molecule has 0 aliphatic carbocycles. The molecule has 0 rings (SSSR count). The lowest BCUT2D eigenvalue weighted by molar-refractivity contribution is 0.0510. The molecule has 0 bridgehead atoms. The first-order valence-corrected chi connectivity index (χ1v) is 5.55. The summed E-state index contributed by atoms with van der Waals surface area (Å²) in [4.78, 5) is 0. The highest BCUT2D eigenvalue weighted by molar-refractivity contribution is 4.66. The van der Waals surface area contributed by atoms with Gasteiger partial charge in [-0.25, -0.2) is 0 Å². The van der Waals surface area contributed by atoms with E-state index in [2.05, 4.69) is 38.3 Å². The molecule has 0 spiro atoms. The van der Waals surface area contributed by atoms with Crippen molar-refractivity contribution in [3.05, 3.63) is 0 Å². The standard InChI is InChI=1S/C11H26N2O/c1-9(2)13-7-11(6-12-5)8-14-10(3)4/h9-13H,6-8H2,1-5H3. The maximum absolute atomic E-state index is 5.61. The maximum atomic E-state index is 5.61. The van der Waals surface area contributed by atoms with Crippen molar-refractivity contribution in [2.45, 2.75) is 39.8 Å². The average molecular weight is 202 g/mol. The monoisotopic (exact) mass is 202 g/mol. The third kappa shape index (κ3) is 8.48. The molecule has 0 aromatic rings. The van der Waals surface area contributed by atoms with E-state index in [9.17, 15) is 0 Å². The lowest BCUT2D eigenvalue weighted by atomic mass is 10.1. The Kier molecular flexibility index (Phi) is 8.14. The topological polar surface area (TPSA) is 33.3 Å². The molecule has 0 radical (unpaired) electrons. The van der Waals surface area contributed by atoms with Gasteiger partial charge in [-0.15, -0.1) is 0 Å². The highest BCUT2D eigenvalue weighted by Gasteiger charge is 2.09. The fraction of sp³-hybridized carbons (Fsp3) is 1.00. The van der Waals surface area contributed by atoms with Gasteiger partial charge < -0.3 is 15.4 Å². The minimum absolute atomic E-state index is 0.327.